The third kappa shape index (κ3) is 6.29. The van der Waals surface area contributed by atoms with Gasteiger partial charge in [-0.1, -0.05) is 6.92 Å². The summed E-state index contributed by atoms with van der Waals surface area (Å²) in [6.45, 7) is 4.63. The molecule has 0 aromatic heterocycles. The second kappa shape index (κ2) is 11.4. The molecule has 1 aliphatic rings. The number of phenols is 2. The number of ether oxygens (including phenoxy) is 5. The number of carboxylic acid groups (broad SMARTS) is 1. The highest BCUT2D eigenvalue weighted by Gasteiger charge is 2.49. The van der Waals surface area contributed by atoms with Gasteiger partial charge in [-0.25, -0.2) is 4.79 Å². The molecule has 14 heteroatoms. The number of benzene rings is 1. The van der Waals surface area contributed by atoms with Gasteiger partial charge in [0.15, 0.2) is 17.2 Å². The van der Waals surface area contributed by atoms with Crippen molar-refractivity contribution in [3.05, 3.63) is 34.0 Å². The number of fused-ring (bicyclic) bond motifs is 1. The molecule has 2 aromatic carbocycles. The normalized spacial score (nSPS) is 22.5. The Hall–Kier alpha value is -4.59. The number of hydrogen-bond acceptors (Lipinski definition) is 13. The van der Waals surface area contributed by atoms with Crippen LogP contribution in [0.15, 0.2) is 23.0 Å². The van der Waals surface area contributed by atoms with Gasteiger partial charge in [-0.2, -0.15) is 0 Å². The SMILES string of the molecule is CC(=O)OC[C@H]1O[C@@H](Oc2cc3cc(C(=O)O)cc(O)c(=O)c3c(O)c2O)[C@H](OC(C)=O)[C@@H](OC(C)=O)[C@@H]1C. The number of aromatic hydroxyl groups is 3. The molecule has 0 aliphatic carbocycles. The molecule has 0 unspecified atom stereocenters. The molecular formula is C25H26O14. The number of carboxylic acids is 1. The zero-order valence-electron chi connectivity index (χ0n) is 21.2. The van der Waals surface area contributed by atoms with E-state index >= 15 is 0 Å². The highest BCUT2D eigenvalue weighted by atomic mass is 16.7. The van der Waals surface area contributed by atoms with Gasteiger partial charge >= 0.3 is 23.9 Å². The lowest BCUT2D eigenvalue weighted by atomic mass is 9.90. The fraction of sp³-hybridized carbons (Fsp3) is 0.400. The fourth-order valence-electron chi connectivity index (χ4n) is 4.10. The molecular weight excluding hydrogens is 524 g/mol. The van der Waals surface area contributed by atoms with Crippen LogP contribution in [-0.2, 0) is 33.3 Å². The zero-order valence-corrected chi connectivity index (χ0v) is 21.2. The maximum absolute atomic E-state index is 12.6. The van der Waals surface area contributed by atoms with Gasteiger partial charge in [-0.05, 0) is 23.6 Å². The third-order valence-electron chi connectivity index (χ3n) is 5.88. The summed E-state index contributed by atoms with van der Waals surface area (Å²) in [4.78, 5) is 59.3. The predicted molar refractivity (Wildman–Crippen MR) is 128 cm³/mol. The molecule has 2 aromatic rings. The van der Waals surface area contributed by atoms with Gasteiger partial charge in [0.1, 0.15) is 18.8 Å². The molecule has 1 saturated heterocycles. The van der Waals surface area contributed by atoms with Crippen molar-refractivity contribution >= 4 is 34.6 Å². The van der Waals surface area contributed by atoms with Crippen LogP contribution in [0.1, 0.15) is 38.1 Å². The van der Waals surface area contributed by atoms with Gasteiger partial charge in [0.25, 0.3) is 0 Å². The topological polar surface area (TPSA) is 212 Å². The highest BCUT2D eigenvalue weighted by Crippen LogP contribution is 2.43. The molecule has 1 aliphatic heterocycles. The molecule has 0 saturated carbocycles. The number of carbonyl (C=O) groups excluding carboxylic acids is 3. The first-order chi connectivity index (χ1) is 18.2. The summed E-state index contributed by atoms with van der Waals surface area (Å²) in [7, 11) is 0. The molecule has 3 rings (SSSR count). The Morgan fingerprint density at radius 3 is 2.08 bits per heavy atom. The van der Waals surface area contributed by atoms with Crippen LogP contribution in [-0.4, -0.2) is 75.5 Å². The lowest BCUT2D eigenvalue weighted by Gasteiger charge is -2.43. The second-order valence-corrected chi connectivity index (χ2v) is 8.77. The summed E-state index contributed by atoms with van der Waals surface area (Å²) >= 11 is 0. The predicted octanol–water partition coefficient (Wildman–Crippen LogP) is 1.18. The van der Waals surface area contributed by atoms with Crippen LogP contribution in [0, 0.1) is 5.92 Å². The van der Waals surface area contributed by atoms with Gasteiger partial charge in [-0.15, -0.1) is 0 Å². The number of rotatable bonds is 7. The van der Waals surface area contributed by atoms with Gasteiger partial charge in [0.05, 0.1) is 10.9 Å². The lowest BCUT2D eigenvalue weighted by Crippen LogP contribution is -2.59. The smallest absolute Gasteiger partial charge is 0.335 e. The number of phenolic OH excluding ortho intramolecular Hbond substituents is 2. The Morgan fingerprint density at radius 1 is 0.897 bits per heavy atom. The highest BCUT2D eigenvalue weighted by molar-refractivity contribution is 5.97. The van der Waals surface area contributed by atoms with Crippen molar-refractivity contribution in [2.45, 2.75) is 52.3 Å². The Morgan fingerprint density at radius 2 is 1.51 bits per heavy atom. The number of hydrogen-bond donors (Lipinski definition) is 4. The molecule has 14 nitrogen and oxygen atoms in total. The van der Waals surface area contributed by atoms with Gasteiger partial charge < -0.3 is 44.1 Å². The summed E-state index contributed by atoms with van der Waals surface area (Å²) in [5.41, 5.74) is -1.69. The summed E-state index contributed by atoms with van der Waals surface area (Å²) in [5.74, 6) is -7.97. The lowest BCUT2D eigenvalue weighted by molar-refractivity contribution is -0.272. The maximum Gasteiger partial charge on any atom is 0.335 e. The van der Waals surface area contributed by atoms with Crippen LogP contribution < -0.4 is 10.2 Å². The molecule has 5 atom stereocenters. The third-order valence-corrected chi connectivity index (χ3v) is 5.88. The van der Waals surface area contributed by atoms with E-state index in [1.54, 1.807) is 6.92 Å². The van der Waals surface area contributed by atoms with E-state index in [0.29, 0.717) is 6.07 Å². The number of aromatic carboxylic acids is 1. The summed E-state index contributed by atoms with van der Waals surface area (Å²) in [6, 6.07) is 2.61. The van der Waals surface area contributed by atoms with Gasteiger partial charge in [0.2, 0.25) is 23.6 Å². The first-order valence-corrected chi connectivity index (χ1v) is 11.5. The quantitative estimate of drug-likeness (QED) is 0.217. The Labute approximate surface area is 220 Å². The van der Waals surface area contributed by atoms with E-state index < -0.39 is 93.8 Å². The van der Waals surface area contributed by atoms with Gasteiger partial charge in [0, 0.05) is 26.7 Å². The summed E-state index contributed by atoms with van der Waals surface area (Å²) in [5, 5.41) is 39.7. The number of carbonyl (C=O) groups is 4. The zero-order chi connectivity index (χ0) is 29.2. The fourth-order valence-corrected chi connectivity index (χ4v) is 4.10. The molecule has 0 bridgehead atoms. The van der Waals surface area contributed by atoms with Crippen LogP contribution in [0.3, 0.4) is 0 Å². The first kappa shape index (κ1) is 29.0. The number of esters is 3. The van der Waals surface area contributed by atoms with Crippen molar-refractivity contribution in [2.24, 2.45) is 5.92 Å². The summed E-state index contributed by atoms with van der Waals surface area (Å²) < 4.78 is 27.3. The van der Waals surface area contributed by atoms with E-state index in [0.717, 1.165) is 32.9 Å². The van der Waals surface area contributed by atoms with Crippen molar-refractivity contribution in [1.29, 1.82) is 0 Å². The molecule has 39 heavy (non-hydrogen) atoms. The van der Waals surface area contributed by atoms with Crippen molar-refractivity contribution in [3.63, 3.8) is 0 Å². The minimum atomic E-state index is -1.63. The molecule has 1 heterocycles. The van der Waals surface area contributed by atoms with E-state index in [2.05, 4.69) is 0 Å². The van der Waals surface area contributed by atoms with Crippen molar-refractivity contribution in [2.75, 3.05) is 6.61 Å². The van der Waals surface area contributed by atoms with Gasteiger partial charge in [-0.3, -0.25) is 19.2 Å². The van der Waals surface area contributed by atoms with E-state index in [4.69, 9.17) is 23.7 Å². The van der Waals surface area contributed by atoms with Crippen molar-refractivity contribution in [1.82, 2.24) is 0 Å². The van der Waals surface area contributed by atoms with E-state index in [9.17, 15) is 44.4 Å². The van der Waals surface area contributed by atoms with Crippen LogP contribution in [0.2, 0.25) is 0 Å². The minimum absolute atomic E-state index is 0.246. The Balaban J connectivity index is 2.16. The van der Waals surface area contributed by atoms with Crippen LogP contribution in [0.5, 0.6) is 23.0 Å². The molecule has 210 valence electrons. The Kier molecular flexibility index (Phi) is 8.49. The Bertz CT molecular complexity index is 1380. The standard InChI is InChI=1S/C25H26O14/c1-9-17(8-35-10(2)26)39-25(23(37-12(4)28)22(9)36-11(3)27)38-16-7-13-5-14(24(33)34)6-15(29)19(30)18(13)21(32)20(16)31/h5-7,9,17,22-23,25,31-32H,8H2,1-4H3,(H,29,30)(H,33,34)/t9-,17-,22+,23-,25-/m1/s1. The average molecular weight is 550 g/mol. The molecule has 0 spiro atoms. The monoisotopic (exact) mass is 550 g/mol. The van der Waals surface area contributed by atoms with Crippen LogP contribution in [0.4, 0.5) is 0 Å². The van der Waals surface area contributed by atoms with E-state index in [1.807, 2.05) is 0 Å². The largest absolute Gasteiger partial charge is 0.504 e. The first-order valence-electron chi connectivity index (χ1n) is 11.5. The second-order valence-electron chi connectivity index (χ2n) is 8.77. The van der Waals surface area contributed by atoms with Crippen molar-refractivity contribution in [3.8, 4) is 23.0 Å². The molecule has 0 radical (unpaired) electrons. The van der Waals surface area contributed by atoms with Crippen molar-refractivity contribution < 1.29 is 63.3 Å². The molecule has 4 N–H and O–H groups in total. The van der Waals surface area contributed by atoms with Crippen LogP contribution in [0.25, 0.3) is 10.8 Å². The maximum atomic E-state index is 12.6. The minimum Gasteiger partial charge on any atom is -0.504 e. The molecule has 0 amide bonds. The van der Waals surface area contributed by atoms with E-state index in [1.165, 1.54) is 0 Å². The van der Waals surface area contributed by atoms with E-state index in [-0.39, 0.29) is 12.0 Å². The summed E-state index contributed by atoms with van der Waals surface area (Å²) in [6.07, 6.45) is -5.20. The molecule has 1 fully saturated rings. The average Bonchev–Trinajstić information content (AvgIpc) is 2.95. The van der Waals surface area contributed by atoms with Crippen LogP contribution >= 0.6 is 0 Å².